The van der Waals surface area contributed by atoms with E-state index in [0.29, 0.717) is 6.54 Å². The second-order valence-corrected chi connectivity index (χ2v) is 4.33. The van der Waals surface area contributed by atoms with Gasteiger partial charge in [0.1, 0.15) is 6.54 Å². The van der Waals surface area contributed by atoms with Gasteiger partial charge < -0.3 is 5.32 Å². The molecule has 0 radical (unpaired) electrons. The summed E-state index contributed by atoms with van der Waals surface area (Å²) in [6.07, 6.45) is 2.53. The zero-order valence-corrected chi connectivity index (χ0v) is 9.29. The molecule has 4 heteroatoms. The molecule has 1 heterocycles. The summed E-state index contributed by atoms with van der Waals surface area (Å²) in [5, 5.41) is 7.18. The van der Waals surface area contributed by atoms with Gasteiger partial charge >= 0.3 is 0 Å². The second kappa shape index (κ2) is 4.04. The average molecular weight is 207 g/mol. The van der Waals surface area contributed by atoms with Gasteiger partial charge in [-0.1, -0.05) is 0 Å². The molecule has 0 aliphatic heterocycles. The lowest BCUT2D eigenvalue weighted by atomic mass is 10.4. The topological polar surface area (TPSA) is 46.9 Å². The third-order valence-electron chi connectivity index (χ3n) is 2.68. The van der Waals surface area contributed by atoms with Crippen molar-refractivity contribution >= 4 is 5.91 Å². The molecule has 0 aromatic carbocycles. The summed E-state index contributed by atoms with van der Waals surface area (Å²) in [4.78, 5) is 11.5. The van der Waals surface area contributed by atoms with Crippen LogP contribution in [-0.2, 0) is 11.3 Å². The number of amides is 1. The van der Waals surface area contributed by atoms with Gasteiger partial charge in [-0.2, -0.15) is 5.10 Å². The van der Waals surface area contributed by atoms with Gasteiger partial charge in [0.25, 0.3) is 0 Å². The molecule has 1 aromatic heterocycles. The lowest BCUT2D eigenvalue weighted by molar-refractivity contribution is -0.121. The Bertz CT molecular complexity index is 366. The molecular formula is C11H17N3O. The molecule has 4 nitrogen and oxygen atoms in total. The molecule has 0 unspecified atom stereocenters. The zero-order valence-electron chi connectivity index (χ0n) is 9.29. The Hall–Kier alpha value is -1.32. The normalized spacial score (nSPS) is 15.3. The van der Waals surface area contributed by atoms with Crippen molar-refractivity contribution in [1.82, 2.24) is 15.1 Å². The number of aromatic nitrogens is 2. The first kappa shape index (κ1) is 10.2. The fraction of sp³-hybridized carbons (Fsp3) is 0.636. The largest absolute Gasteiger partial charge is 0.354 e. The number of hydrogen-bond acceptors (Lipinski definition) is 2. The second-order valence-electron chi connectivity index (χ2n) is 4.33. The summed E-state index contributed by atoms with van der Waals surface area (Å²) in [6, 6.07) is 1.98. The molecular weight excluding hydrogens is 190 g/mol. The highest BCUT2D eigenvalue weighted by Gasteiger charge is 2.21. The summed E-state index contributed by atoms with van der Waals surface area (Å²) in [5.41, 5.74) is 2.00. The van der Waals surface area contributed by atoms with Crippen molar-refractivity contribution in [1.29, 1.82) is 0 Å². The quantitative estimate of drug-likeness (QED) is 0.801. The third kappa shape index (κ3) is 2.81. The Morgan fingerprint density at radius 2 is 2.33 bits per heavy atom. The Labute approximate surface area is 89.7 Å². The highest BCUT2D eigenvalue weighted by atomic mass is 16.2. The van der Waals surface area contributed by atoms with Crippen molar-refractivity contribution in [3.63, 3.8) is 0 Å². The summed E-state index contributed by atoms with van der Waals surface area (Å²) >= 11 is 0. The van der Waals surface area contributed by atoms with Gasteiger partial charge in [0.2, 0.25) is 5.91 Å². The lowest BCUT2D eigenvalue weighted by Crippen LogP contribution is -2.30. The maximum absolute atomic E-state index is 11.5. The fourth-order valence-corrected chi connectivity index (χ4v) is 1.61. The number of rotatable bonds is 4. The molecule has 0 bridgehead atoms. The molecule has 0 saturated heterocycles. The molecule has 2 rings (SSSR count). The van der Waals surface area contributed by atoms with Gasteiger partial charge in [-0.3, -0.25) is 9.48 Å². The maximum Gasteiger partial charge on any atom is 0.241 e. The van der Waals surface area contributed by atoms with Gasteiger partial charge in [0, 0.05) is 12.2 Å². The van der Waals surface area contributed by atoms with E-state index in [0.717, 1.165) is 23.9 Å². The minimum atomic E-state index is 0.0631. The van der Waals surface area contributed by atoms with Crippen LogP contribution in [0.2, 0.25) is 0 Å². The first-order valence-electron chi connectivity index (χ1n) is 5.43. The van der Waals surface area contributed by atoms with Crippen LogP contribution in [0.5, 0.6) is 0 Å². The predicted octanol–water partition coefficient (Wildman–Crippen LogP) is 1.03. The van der Waals surface area contributed by atoms with Crippen LogP contribution in [0.3, 0.4) is 0 Å². The Kier molecular flexibility index (Phi) is 2.75. The molecule has 1 fully saturated rings. The van der Waals surface area contributed by atoms with Gasteiger partial charge in [-0.25, -0.2) is 0 Å². The van der Waals surface area contributed by atoms with E-state index >= 15 is 0 Å². The molecule has 0 spiro atoms. The monoisotopic (exact) mass is 207 g/mol. The van der Waals surface area contributed by atoms with Crippen molar-refractivity contribution in [2.75, 3.05) is 6.54 Å². The third-order valence-corrected chi connectivity index (χ3v) is 2.68. The van der Waals surface area contributed by atoms with Crippen LogP contribution in [0.1, 0.15) is 24.2 Å². The molecule has 1 saturated carbocycles. The van der Waals surface area contributed by atoms with Gasteiger partial charge in [-0.05, 0) is 38.7 Å². The van der Waals surface area contributed by atoms with Gasteiger partial charge in [-0.15, -0.1) is 0 Å². The number of aryl methyl sites for hydroxylation is 2. The van der Waals surface area contributed by atoms with Crippen molar-refractivity contribution in [3.8, 4) is 0 Å². The molecule has 1 amide bonds. The standard InChI is InChI=1S/C11H17N3O/c1-8-5-9(2)14(13-8)7-11(15)12-6-10-3-4-10/h5,10H,3-4,6-7H2,1-2H3,(H,12,15). The summed E-state index contributed by atoms with van der Waals surface area (Å²) in [7, 11) is 0. The SMILES string of the molecule is Cc1cc(C)n(CC(=O)NCC2CC2)n1. The van der Waals surface area contributed by atoms with E-state index in [1.54, 1.807) is 4.68 Å². The number of nitrogens with one attached hydrogen (secondary N) is 1. The molecule has 1 N–H and O–H groups in total. The number of carbonyl (C=O) groups excluding carboxylic acids is 1. The van der Waals surface area contributed by atoms with Crippen LogP contribution >= 0.6 is 0 Å². The highest BCUT2D eigenvalue weighted by Crippen LogP contribution is 2.27. The van der Waals surface area contributed by atoms with Crippen LogP contribution < -0.4 is 5.32 Å². The first-order valence-corrected chi connectivity index (χ1v) is 5.43. The molecule has 1 aromatic rings. The predicted molar refractivity (Wildman–Crippen MR) is 57.4 cm³/mol. The van der Waals surface area contributed by atoms with Crippen LogP contribution in [0.15, 0.2) is 6.07 Å². The van der Waals surface area contributed by atoms with Crippen LogP contribution in [0, 0.1) is 19.8 Å². The van der Waals surface area contributed by atoms with Crippen molar-refractivity contribution < 1.29 is 4.79 Å². The Balaban J connectivity index is 1.84. The smallest absolute Gasteiger partial charge is 0.241 e. The van der Waals surface area contributed by atoms with Crippen LogP contribution in [0.4, 0.5) is 0 Å². The van der Waals surface area contributed by atoms with E-state index in [4.69, 9.17) is 0 Å². The van der Waals surface area contributed by atoms with E-state index in [1.165, 1.54) is 12.8 Å². The average Bonchev–Trinajstić information content (AvgIpc) is 2.92. The minimum Gasteiger partial charge on any atom is -0.354 e. The first-order chi connectivity index (χ1) is 7.15. The Morgan fingerprint density at radius 3 is 2.87 bits per heavy atom. The number of nitrogens with zero attached hydrogens (tertiary/aromatic N) is 2. The summed E-state index contributed by atoms with van der Waals surface area (Å²) in [6.45, 7) is 5.07. The van der Waals surface area contributed by atoms with Gasteiger partial charge in [0.15, 0.2) is 0 Å². The van der Waals surface area contributed by atoms with E-state index in [-0.39, 0.29) is 5.91 Å². The summed E-state index contributed by atoms with van der Waals surface area (Å²) in [5.74, 6) is 0.794. The van der Waals surface area contributed by atoms with Crippen molar-refractivity contribution in [3.05, 3.63) is 17.5 Å². The number of hydrogen-bond donors (Lipinski definition) is 1. The lowest BCUT2D eigenvalue weighted by Gasteiger charge is -2.05. The van der Waals surface area contributed by atoms with E-state index in [9.17, 15) is 4.79 Å². The Morgan fingerprint density at radius 1 is 1.60 bits per heavy atom. The van der Waals surface area contributed by atoms with E-state index < -0.39 is 0 Å². The maximum atomic E-state index is 11.5. The fourth-order valence-electron chi connectivity index (χ4n) is 1.61. The van der Waals surface area contributed by atoms with E-state index in [1.807, 2.05) is 19.9 Å². The van der Waals surface area contributed by atoms with Crippen molar-refractivity contribution in [2.24, 2.45) is 5.92 Å². The van der Waals surface area contributed by atoms with E-state index in [2.05, 4.69) is 10.4 Å². The summed E-state index contributed by atoms with van der Waals surface area (Å²) < 4.78 is 1.75. The molecule has 82 valence electrons. The highest BCUT2D eigenvalue weighted by molar-refractivity contribution is 5.75. The zero-order chi connectivity index (χ0) is 10.8. The molecule has 1 aliphatic carbocycles. The van der Waals surface area contributed by atoms with Crippen LogP contribution in [-0.4, -0.2) is 22.2 Å². The van der Waals surface area contributed by atoms with Gasteiger partial charge in [0.05, 0.1) is 5.69 Å². The molecule has 1 aliphatic rings. The molecule has 15 heavy (non-hydrogen) atoms. The minimum absolute atomic E-state index is 0.0631. The van der Waals surface area contributed by atoms with Crippen molar-refractivity contribution in [2.45, 2.75) is 33.2 Å². The molecule has 0 atom stereocenters. The number of carbonyl (C=O) groups is 1. The van der Waals surface area contributed by atoms with Crippen LogP contribution in [0.25, 0.3) is 0 Å².